The molecule has 0 radical (unpaired) electrons. The number of benzene rings is 1. The molecule has 2 aliphatic rings. The Bertz CT molecular complexity index is 710. The molecule has 0 N–H and O–H groups in total. The monoisotopic (exact) mass is 340 g/mol. The van der Waals surface area contributed by atoms with E-state index in [0.29, 0.717) is 17.9 Å². The molecule has 2 aliphatic carbocycles. The summed E-state index contributed by atoms with van der Waals surface area (Å²) >= 11 is 11.8. The minimum Gasteiger partial charge on any atom is -0.424 e. The second kappa shape index (κ2) is 4.80. The number of carbonyl (C=O) groups excluding carboxylic acids is 3. The van der Waals surface area contributed by atoms with Crippen LogP contribution in [0.5, 0.6) is 5.75 Å². The molecule has 0 heterocycles. The first-order valence-electron chi connectivity index (χ1n) is 6.98. The van der Waals surface area contributed by atoms with Gasteiger partial charge in [-0.1, -0.05) is 37.0 Å². The summed E-state index contributed by atoms with van der Waals surface area (Å²) in [6.07, 6.45) is 0.861. The Kier molecular flexibility index (Phi) is 3.38. The van der Waals surface area contributed by atoms with Crippen molar-refractivity contribution >= 4 is 40.7 Å². The highest BCUT2D eigenvalue weighted by Crippen LogP contribution is 2.62. The van der Waals surface area contributed by atoms with Gasteiger partial charge in [0.1, 0.15) is 11.2 Å². The van der Waals surface area contributed by atoms with Crippen molar-refractivity contribution in [2.75, 3.05) is 0 Å². The molecule has 0 aromatic heterocycles. The first kappa shape index (κ1) is 15.5. The Labute approximate surface area is 137 Å². The van der Waals surface area contributed by atoms with E-state index in [9.17, 15) is 14.4 Å². The molecule has 0 aliphatic heterocycles. The van der Waals surface area contributed by atoms with Crippen LogP contribution >= 0.6 is 23.2 Å². The van der Waals surface area contributed by atoms with Crippen LogP contribution in [-0.2, 0) is 14.4 Å². The van der Waals surface area contributed by atoms with E-state index in [4.69, 9.17) is 27.9 Å². The highest BCUT2D eigenvalue weighted by atomic mass is 35.5. The third-order valence-corrected chi connectivity index (χ3v) is 5.68. The largest absolute Gasteiger partial charge is 0.424 e. The van der Waals surface area contributed by atoms with E-state index in [-0.39, 0.29) is 10.8 Å². The molecule has 2 saturated carbocycles. The molecule has 1 aromatic rings. The third-order valence-electron chi connectivity index (χ3n) is 5.15. The first-order valence-corrected chi connectivity index (χ1v) is 7.73. The molecule has 116 valence electrons. The second-order valence-corrected chi connectivity index (χ2v) is 7.22. The number of ether oxygens (including phenoxy) is 1. The molecule has 6 heteroatoms. The van der Waals surface area contributed by atoms with Crippen molar-refractivity contribution in [2.24, 2.45) is 16.7 Å². The molecule has 0 amide bonds. The third kappa shape index (κ3) is 1.80. The van der Waals surface area contributed by atoms with Crippen LogP contribution in [0.3, 0.4) is 0 Å². The highest BCUT2D eigenvalue weighted by Gasteiger charge is 2.73. The lowest BCUT2D eigenvalue weighted by Crippen LogP contribution is -2.46. The van der Waals surface area contributed by atoms with Crippen LogP contribution in [0.15, 0.2) is 18.2 Å². The van der Waals surface area contributed by atoms with E-state index in [1.54, 1.807) is 13.8 Å². The number of carbonyl (C=O) groups is 3. The molecular weight excluding hydrogens is 327 g/mol. The average molecular weight is 341 g/mol. The van der Waals surface area contributed by atoms with Gasteiger partial charge in [0.25, 0.3) is 0 Å². The molecule has 2 bridgehead atoms. The standard InChI is InChI=1S/C16H14Cl2O4/c1-15(2)9-5-6-16(15,13(20)12(9)19)14(21)22-11-4-3-8(17)7-10(11)18/h3-4,7,9H,5-6H2,1-2H3. The molecule has 4 nitrogen and oxygen atoms in total. The van der Waals surface area contributed by atoms with Crippen LogP contribution in [0, 0.1) is 16.7 Å². The molecule has 2 atom stereocenters. The van der Waals surface area contributed by atoms with Crippen LogP contribution < -0.4 is 4.74 Å². The number of hydrogen-bond donors (Lipinski definition) is 0. The molecule has 2 fully saturated rings. The summed E-state index contributed by atoms with van der Waals surface area (Å²) in [7, 11) is 0. The van der Waals surface area contributed by atoms with Gasteiger partial charge in [0.2, 0.25) is 11.6 Å². The summed E-state index contributed by atoms with van der Waals surface area (Å²) in [6, 6.07) is 4.46. The predicted molar refractivity (Wildman–Crippen MR) is 81.0 cm³/mol. The number of halogens is 2. The lowest BCUT2D eigenvalue weighted by molar-refractivity contribution is -0.157. The van der Waals surface area contributed by atoms with Crippen LogP contribution in [0.2, 0.25) is 10.0 Å². The maximum atomic E-state index is 12.7. The van der Waals surface area contributed by atoms with Crippen LogP contribution in [0.25, 0.3) is 0 Å². The Morgan fingerprint density at radius 3 is 2.50 bits per heavy atom. The van der Waals surface area contributed by atoms with Gasteiger partial charge in [-0.15, -0.1) is 0 Å². The van der Waals surface area contributed by atoms with Crippen molar-refractivity contribution in [1.29, 1.82) is 0 Å². The van der Waals surface area contributed by atoms with Gasteiger partial charge in [-0.3, -0.25) is 14.4 Å². The SMILES string of the molecule is CC1(C)C2CCC1(C(=O)Oc1ccc(Cl)cc1Cl)C(=O)C2=O. The number of rotatable bonds is 2. The molecule has 0 spiro atoms. The van der Waals surface area contributed by atoms with Crippen LogP contribution in [0.4, 0.5) is 0 Å². The maximum absolute atomic E-state index is 12.7. The summed E-state index contributed by atoms with van der Waals surface area (Å²) in [6.45, 7) is 3.55. The Morgan fingerprint density at radius 2 is 1.95 bits per heavy atom. The van der Waals surface area contributed by atoms with Crippen molar-refractivity contribution < 1.29 is 19.1 Å². The zero-order valence-corrected chi connectivity index (χ0v) is 13.6. The molecule has 2 unspecified atom stereocenters. The second-order valence-electron chi connectivity index (χ2n) is 6.38. The van der Waals surface area contributed by atoms with E-state index in [2.05, 4.69) is 0 Å². The number of esters is 1. The number of ketones is 2. The molecule has 1 aromatic carbocycles. The Balaban J connectivity index is 1.98. The van der Waals surface area contributed by atoms with Gasteiger partial charge in [-0.2, -0.15) is 0 Å². The van der Waals surface area contributed by atoms with Gasteiger partial charge in [0.05, 0.1) is 5.02 Å². The van der Waals surface area contributed by atoms with E-state index >= 15 is 0 Å². The summed E-state index contributed by atoms with van der Waals surface area (Å²) in [4.78, 5) is 37.1. The van der Waals surface area contributed by atoms with Gasteiger partial charge in [0, 0.05) is 10.9 Å². The quantitative estimate of drug-likeness (QED) is 0.358. The molecule has 3 rings (SSSR count). The van der Waals surface area contributed by atoms with E-state index < -0.39 is 34.3 Å². The van der Waals surface area contributed by atoms with Gasteiger partial charge in [-0.25, -0.2) is 0 Å². The fourth-order valence-electron chi connectivity index (χ4n) is 3.78. The lowest BCUT2D eigenvalue weighted by Gasteiger charge is -2.32. The summed E-state index contributed by atoms with van der Waals surface area (Å²) in [5.74, 6) is -2.08. The number of fused-ring (bicyclic) bond motifs is 2. The number of Topliss-reactive ketones (excluding diaryl/α,β-unsaturated/α-hetero) is 2. The zero-order valence-electron chi connectivity index (χ0n) is 12.1. The van der Waals surface area contributed by atoms with Crippen molar-refractivity contribution in [2.45, 2.75) is 26.7 Å². The van der Waals surface area contributed by atoms with Crippen molar-refractivity contribution in [3.8, 4) is 5.75 Å². The van der Waals surface area contributed by atoms with E-state index in [0.717, 1.165) is 0 Å². The molecular formula is C16H14Cl2O4. The van der Waals surface area contributed by atoms with E-state index in [1.165, 1.54) is 18.2 Å². The smallest absolute Gasteiger partial charge is 0.326 e. The van der Waals surface area contributed by atoms with Gasteiger partial charge in [0.15, 0.2) is 0 Å². The normalized spacial score (nSPS) is 29.0. The van der Waals surface area contributed by atoms with E-state index in [1.807, 2.05) is 0 Å². The van der Waals surface area contributed by atoms with Crippen LogP contribution in [-0.4, -0.2) is 17.5 Å². The fraction of sp³-hybridized carbons (Fsp3) is 0.438. The highest BCUT2D eigenvalue weighted by molar-refractivity contribution is 6.47. The first-order chi connectivity index (χ1) is 10.2. The van der Waals surface area contributed by atoms with Gasteiger partial charge in [-0.05, 0) is 36.5 Å². The summed E-state index contributed by atoms with van der Waals surface area (Å²) in [5, 5.41) is 0.595. The summed E-state index contributed by atoms with van der Waals surface area (Å²) in [5.41, 5.74) is -2.14. The number of hydrogen-bond acceptors (Lipinski definition) is 4. The van der Waals surface area contributed by atoms with Crippen LogP contribution in [0.1, 0.15) is 26.7 Å². The minimum atomic E-state index is -1.41. The minimum absolute atomic E-state index is 0.136. The van der Waals surface area contributed by atoms with Crippen molar-refractivity contribution in [3.63, 3.8) is 0 Å². The predicted octanol–water partition coefficient (Wildman–Crippen LogP) is 3.47. The molecule has 0 saturated heterocycles. The van der Waals surface area contributed by atoms with Crippen molar-refractivity contribution in [3.05, 3.63) is 28.2 Å². The fourth-order valence-corrected chi connectivity index (χ4v) is 4.22. The molecule has 22 heavy (non-hydrogen) atoms. The van der Waals surface area contributed by atoms with Gasteiger partial charge >= 0.3 is 5.97 Å². The Morgan fingerprint density at radius 1 is 1.27 bits per heavy atom. The summed E-state index contributed by atoms with van der Waals surface area (Å²) < 4.78 is 5.36. The lowest BCUT2D eigenvalue weighted by atomic mass is 9.69. The van der Waals surface area contributed by atoms with Crippen molar-refractivity contribution in [1.82, 2.24) is 0 Å². The topological polar surface area (TPSA) is 60.4 Å². The van der Waals surface area contributed by atoms with Gasteiger partial charge < -0.3 is 4.74 Å². The zero-order chi connectivity index (χ0) is 16.3. The maximum Gasteiger partial charge on any atom is 0.326 e. The Hall–Kier alpha value is -1.39. The average Bonchev–Trinajstić information content (AvgIpc) is 2.78.